The number of nitrogens with zero attached hydrogens (tertiary/aromatic N) is 3. The number of aromatic nitrogens is 2. The normalized spacial score (nSPS) is 25.1. The average molecular weight is 377 g/mol. The quantitative estimate of drug-likeness (QED) is 0.891. The molecule has 7 heteroatoms. The molecule has 2 fully saturated rings. The van der Waals surface area contributed by atoms with Crippen LogP contribution in [0.3, 0.4) is 0 Å². The zero-order valence-corrected chi connectivity index (χ0v) is 16.0. The summed E-state index contributed by atoms with van der Waals surface area (Å²) in [4.78, 5) is 27.9. The Kier molecular flexibility index (Phi) is 5.34. The van der Waals surface area contributed by atoms with Crippen molar-refractivity contribution in [1.82, 2.24) is 20.0 Å². The van der Waals surface area contributed by atoms with Crippen LogP contribution in [0.25, 0.3) is 10.9 Å². The number of para-hydroxylation sites is 1. The van der Waals surface area contributed by atoms with Gasteiger partial charge in [-0.05, 0) is 51.8 Å². The molecule has 4 rings (SSSR count). The Balaban J connectivity index is 0.00000196. The van der Waals surface area contributed by atoms with E-state index in [4.69, 9.17) is 0 Å². The molecule has 3 heterocycles. The molecule has 1 amide bonds. The van der Waals surface area contributed by atoms with Crippen LogP contribution in [-0.2, 0) is 6.54 Å². The van der Waals surface area contributed by atoms with Crippen LogP contribution in [0.2, 0.25) is 0 Å². The zero-order chi connectivity index (χ0) is 17.6. The van der Waals surface area contributed by atoms with Crippen molar-refractivity contribution in [2.75, 3.05) is 7.05 Å². The second kappa shape index (κ2) is 7.37. The van der Waals surface area contributed by atoms with Gasteiger partial charge in [-0.1, -0.05) is 12.1 Å². The summed E-state index contributed by atoms with van der Waals surface area (Å²) in [5, 5.41) is 7.96. The molecule has 2 aliphatic heterocycles. The van der Waals surface area contributed by atoms with Gasteiger partial charge in [0.15, 0.2) is 5.69 Å². The van der Waals surface area contributed by atoms with Gasteiger partial charge in [0.25, 0.3) is 5.91 Å². The molecule has 0 radical (unpaired) electrons. The molecule has 1 N–H and O–H groups in total. The third-order valence-corrected chi connectivity index (χ3v) is 5.81. The number of benzene rings is 1. The van der Waals surface area contributed by atoms with Crippen LogP contribution in [0.1, 0.15) is 43.1 Å². The number of carbonyl (C=O) groups excluding carboxylic acids is 1. The van der Waals surface area contributed by atoms with Crippen molar-refractivity contribution >= 4 is 29.2 Å². The number of amides is 1. The van der Waals surface area contributed by atoms with Gasteiger partial charge in [0.05, 0.1) is 5.52 Å². The molecule has 140 valence electrons. The van der Waals surface area contributed by atoms with E-state index in [2.05, 4.69) is 22.4 Å². The van der Waals surface area contributed by atoms with Crippen molar-refractivity contribution in [1.29, 1.82) is 0 Å². The van der Waals surface area contributed by atoms with Gasteiger partial charge in [-0.2, -0.15) is 5.10 Å². The van der Waals surface area contributed by atoms with Gasteiger partial charge < -0.3 is 10.2 Å². The first kappa shape index (κ1) is 18.9. The first-order chi connectivity index (χ1) is 12.1. The third-order valence-electron chi connectivity index (χ3n) is 5.81. The molecule has 2 aromatic rings. The van der Waals surface area contributed by atoms with Crippen LogP contribution in [0.4, 0.5) is 0 Å². The largest absolute Gasteiger partial charge is 0.348 e. The monoisotopic (exact) mass is 376 g/mol. The SMILES string of the molecule is CCn1nc(C(=O)NC2C[C@H]3CC[C@@H](C2)N3C)c(=O)c2ccccc21.Cl. The Morgan fingerprint density at radius 2 is 1.88 bits per heavy atom. The maximum atomic E-state index is 12.8. The lowest BCUT2D eigenvalue weighted by Crippen LogP contribution is -2.49. The molecule has 1 unspecified atom stereocenters. The summed E-state index contributed by atoms with van der Waals surface area (Å²) in [5.74, 6) is -0.341. The van der Waals surface area contributed by atoms with Crippen LogP contribution >= 0.6 is 12.4 Å². The Hall–Kier alpha value is -1.92. The first-order valence-electron chi connectivity index (χ1n) is 9.11. The van der Waals surface area contributed by atoms with E-state index in [1.807, 2.05) is 25.1 Å². The van der Waals surface area contributed by atoms with E-state index in [0.717, 1.165) is 18.4 Å². The zero-order valence-electron chi connectivity index (χ0n) is 15.1. The number of carbonyl (C=O) groups is 1. The van der Waals surface area contributed by atoms with Gasteiger partial charge in [0.2, 0.25) is 5.43 Å². The molecule has 0 saturated carbocycles. The van der Waals surface area contributed by atoms with Gasteiger partial charge in [0, 0.05) is 30.1 Å². The van der Waals surface area contributed by atoms with Crippen molar-refractivity contribution in [3.63, 3.8) is 0 Å². The topological polar surface area (TPSA) is 67.2 Å². The van der Waals surface area contributed by atoms with Gasteiger partial charge in [-0.3, -0.25) is 14.3 Å². The van der Waals surface area contributed by atoms with E-state index in [9.17, 15) is 9.59 Å². The van der Waals surface area contributed by atoms with Gasteiger partial charge >= 0.3 is 0 Å². The third kappa shape index (κ3) is 3.12. The van der Waals surface area contributed by atoms with Crippen molar-refractivity contribution < 1.29 is 4.79 Å². The van der Waals surface area contributed by atoms with Crippen molar-refractivity contribution in [3.8, 4) is 0 Å². The molecule has 2 saturated heterocycles. The van der Waals surface area contributed by atoms with Gasteiger partial charge in [-0.15, -0.1) is 12.4 Å². The second-order valence-electron chi connectivity index (χ2n) is 7.20. The number of rotatable bonds is 3. The molecular weight excluding hydrogens is 352 g/mol. The maximum absolute atomic E-state index is 12.8. The van der Waals surface area contributed by atoms with Crippen LogP contribution < -0.4 is 10.7 Å². The number of fused-ring (bicyclic) bond motifs is 3. The highest BCUT2D eigenvalue weighted by Gasteiger charge is 2.39. The fourth-order valence-electron chi connectivity index (χ4n) is 4.41. The minimum absolute atomic E-state index is 0. The van der Waals surface area contributed by atoms with E-state index < -0.39 is 0 Å². The predicted molar refractivity (Wildman–Crippen MR) is 104 cm³/mol. The highest BCUT2D eigenvalue weighted by molar-refractivity contribution is 5.95. The van der Waals surface area contributed by atoms with Gasteiger partial charge in [-0.25, -0.2) is 0 Å². The molecule has 2 aliphatic rings. The van der Waals surface area contributed by atoms with Gasteiger partial charge in [0.1, 0.15) is 0 Å². The molecule has 2 bridgehead atoms. The Bertz CT molecular complexity index is 867. The number of nitrogens with one attached hydrogen (secondary N) is 1. The van der Waals surface area contributed by atoms with Crippen molar-refractivity contribution in [3.05, 3.63) is 40.2 Å². The predicted octanol–water partition coefficient (Wildman–Crippen LogP) is 2.19. The van der Waals surface area contributed by atoms with E-state index in [1.165, 1.54) is 12.8 Å². The van der Waals surface area contributed by atoms with E-state index >= 15 is 0 Å². The van der Waals surface area contributed by atoms with Crippen LogP contribution in [-0.4, -0.2) is 45.8 Å². The minimum Gasteiger partial charge on any atom is -0.348 e. The number of hydrogen-bond donors (Lipinski definition) is 1. The highest BCUT2D eigenvalue weighted by Crippen LogP contribution is 2.34. The molecule has 0 aliphatic carbocycles. The maximum Gasteiger partial charge on any atom is 0.276 e. The molecule has 6 nitrogen and oxygen atoms in total. The second-order valence-corrected chi connectivity index (χ2v) is 7.20. The first-order valence-corrected chi connectivity index (χ1v) is 9.11. The number of hydrogen-bond acceptors (Lipinski definition) is 4. The lowest BCUT2D eigenvalue weighted by molar-refractivity contribution is 0.0874. The summed E-state index contributed by atoms with van der Waals surface area (Å²) in [7, 11) is 2.17. The summed E-state index contributed by atoms with van der Waals surface area (Å²) in [6, 6.07) is 8.54. The van der Waals surface area contributed by atoms with Crippen LogP contribution in [0.5, 0.6) is 0 Å². The van der Waals surface area contributed by atoms with E-state index in [1.54, 1.807) is 10.7 Å². The van der Waals surface area contributed by atoms with Crippen molar-refractivity contribution in [2.24, 2.45) is 0 Å². The fraction of sp³-hybridized carbons (Fsp3) is 0.526. The number of halogens is 1. The standard InChI is InChI=1S/C19H24N4O2.ClH/c1-3-23-16-7-5-4-6-15(16)18(24)17(21-23)19(25)20-12-10-13-8-9-14(11-12)22(13)2;/h4-7,12-14H,3,8-11H2,1-2H3,(H,20,25);1H/t12?,13-,14+;. The highest BCUT2D eigenvalue weighted by atomic mass is 35.5. The summed E-state index contributed by atoms with van der Waals surface area (Å²) in [6.45, 7) is 2.57. The fourth-order valence-corrected chi connectivity index (χ4v) is 4.41. The summed E-state index contributed by atoms with van der Waals surface area (Å²) in [6.07, 6.45) is 4.30. The summed E-state index contributed by atoms with van der Waals surface area (Å²) >= 11 is 0. The number of aryl methyl sites for hydroxylation is 1. The van der Waals surface area contributed by atoms with Crippen LogP contribution in [0, 0.1) is 0 Å². The molecule has 1 aromatic heterocycles. The molecular formula is C19H25ClN4O2. The number of piperidine rings is 1. The van der Waals surface area contributed by atoms with E-state index in [0.29, 0.717) is 24.0 Å². The van der Waals surface area contributed by atoms with Crippen LogP contribution in [0.15, 0.2) is 29.1 Å². The lowest BCUT2D eigenvalue weighted by Gasteiger charge is -2.36. The Morgan fingerprint density at radius 3 is 2.54 bits per heavy atom. The molecule has 26 heavy (non-hydrogen) atoms. The molecule has 3 atom stereocenters. The Labute approximate surface area is 159 Å². The summed E-state index contributed by atoms with van der Waals surface area (Å²) < 4.78 is 1.73. The average Bonchev–Trinajstić information content (AvgIpc) is 2.83. The summed E-state index contributed by atoms with van der Waals surface area (Å²) in [5.41, 5.74) is 0.490. The minimum atomic E-state index is -0.341. The molecule has 0 spiro atoms. The smallest absolute Gasteiger partial charge is 0.276 e. The lowest BCUT2D eigenvalue weighted by atomic mass is 9.98. The molecule has 1 aromatic carbocycles. The van der Waals surface area contributed by atoms with Crippen molar-refractivity contribution in [2.45, 2.75) is 57.3 Å². The van der Waals surface area contributed by atoms with E-state index in [-0.39, 0.29) is 35.5 Å². The Morgan fingerprint density at radius 1 is 1.23 bits per heavy atom.